The summed E-state index contributed by atoms with van der Waals surface area (Å²) in [5.74, 6) is 0. The minimum absolute atomic E-state index is 0.382. The Morgan fingerprint density at radius 2 is 0.706 bits per heavy atom. The Morgan fingerprint density at radius 3 is 0.912 bits per heavy atom. The Bertz CT molecular complexity index is 900. The van der Waals surface area contributed by atoms with Gasteiger partial charge in [-0.1, -0.05) is 135 Å². The summed E-state index contributed by atoms with van der Waals surface area (Å²) in [6, 6.07) is 44.5. The van der Waals surface area contributed by atoms with Gasteiger partial charge in [0.1, 0.15) is 0 Å². The molecule has 179 valence electrons. The summed E-state index contributed by atoms with van der Waals surface area (Å²) in [6.45, 7) is 4.93. The van der Waals surface area contributed by atoms with E-state index < -0.39 is 15.8 Å². The maximum atomic E-state index is 4.73. The fourth-order valence-electron chi connectivity index (χ4n) is 4.37. The first-order valence-electron chi connectivity index (χ1n) is 11.3. The molecule has 0 aliphatic heterocycles. The zero-order chi connectivity index (χ0) is 24.2. The zero-order valence-electron chi connectivity index (χ0n) is 19.4. The SMILES string of the molecule is C[C@@H](C[C@H](C)P(c1ccccc1)c1ccccc1)P(c1ccccc1)c1ccccc1.[Cl][Co][Cl]. The second-order valence-electron chi connectivity index (χ2n) is 8.06. The van der Waals surface area contributed by atoms with E-state index in [1.54, 1.807) is 0 Å². The van der Waals surface area contributed by atoms with E-state index in [0.29, 0.717) is 24.2 Å². The monoisotopic (exact) mass is 569 g/mol. The molecule has 0 radical (unpaired) electrons. The van der Waals surface area contributed by atoms with Crippen molar-refractivity contribution in [2.45, 2.75) is 31.6 Å². The first kappa shape index (κ1) is 27.4. The van der Waals surface area contributed by atoms with Gasteiger partial charge >= 0.3 is 33.2 Å². The Kier molecular flexibility index (Phi) is 12.1. The zero-order valence-corrected chi connectivity index (χ0v) is 23.7. The number of hydrogen-bond donors (Lipinski definition) is 0. The number of rotatable bonds is 8. The van der Waals surface area contributed by atoms with E-state index in [-0.39, 0.29) is 0 Å². The van der Waals surface area contributed by atoms with Gasteiger partial charge < -0.3 is 0 Å². The van der Waals surface area contributed by atoms with Crippen molar-refractivity contribution in [2.75, 3.05) is 0 Å². The van der Waals surface area contributed by atoms with Crippen molar-refractivity contribution in [2.24, 2.45) is 0 Å². The maximum absolute atomic E-state index is 4.73. The molecule has 0 saturated carbocycles. The van der Waals surface area contributed by atoms with Gasteiger partial charge in [-0.15, -0.1) is 0 Å². The van der Waals surface area contributed by atoms with Crippen LogP contribution in [0.15, 0.2) is 121 Å². The van der Waals surface area contributed by atoms with Gasteiger partial charge in [-0.05, 0) is 54.8 Å². The van der Waals surface area contributed by atoms with E-state index in [9.17, 15) is 0 Å². The quantitative estimate of drug-likeness (QED) is 0.190. The van der Waals surface area contributed by atoms with Gasteiger partial charge in [0.2, 0.25) is 0 Å². The summed E-state index contributed by atoms with van der Waals surface area (Å²) in [5, 5.41) is 5.92. The van der Waals surface area contributed by atoms with E-state index in [2.05, 4.69) is 135 Å². The molecule has 5 heteroatoms. The summed E-state index contributed by atoms with van der Waals surface area (Å²) in [6.07, 6.45) is 1.21. The van der Waals surface area contributed by atoms with Crippen LogP contribution in [-0.4, -0.2) is 11.3 Å². The van der Waals surface area contributed by atoms with Crippen LogP contribution < -0.4 is 21.2 Å². The van der Waals surface area contributed by atoms with Gasteiger partial charge in [-0.25, -0.2) is 0 Å². The number of halogens is 2. The first-order valence-corrected chi connectivity index (χ1v) is 17.0. The van der Waals surface area contributed by atoms with Crippen molar-refractivity contribution in [3.63, 3.8) is 0 Å². The summed E-state index contributed by atoms with van der Waals surface area (Å²) in [4.78, 5) is 0. The standard InChI is InChI=1S/C29H30P2.2ClH.Co/c1-24(30(26-15-7-3-8-16-26)27-17-9-4-10-18-27)23-25(2)31(28-19-11-5-12-20-28)29-21-13-6-14-22-29;;;/h3-22,24-25H,23H2,1-2H3;2*1H;/q;;;+2/p-2/t24-,25-;;;/m0.../s1. The van der Waals surface area contributed by atoms with Gasteiger partial charge in [0.25, 0.3) is 0 Å². The Labute approximate surface area is 222 Å². The molecule has 0 saturated heterocycles. The molecule has 0 nitrogen and oxygen atoms in total. The number of hydrogen-bond acceptors (Lipinski definition) is 0. The van der Waals surface area contributed by atoms with Crippen molar-refractivity contribution in [1.29, 1.82) is 0 Å². The summed E-state index contributed by atoms with van der Waals surface area (Å²) < 4.78 is 0. The minimum atomic E-state index is -0.397. The Hall–Kier alpha value is -1.17. The van der Waals surface area contributed by atoms with Crippen LogP contribution in [0, 0.1) is 0 Å². The van der Waals surface area contributed by atoms with Gasteiger partial charge in [0.05, 0.1) is 0 Å². The van der Waals surface area contributed by atoms with Crippen molar-refractivity contribution >= 4 is 57.4 Å². The summed E-state index contributed by atoms with van der Waals surface area (Å²) >= 11 is 0.382. The van der Waals surface area contributed by atoms with Crippen LogP contribution in [-0.2, 0) is 12.9 Å². The van der Waals surface area contributed by atoms with Crippen molar-refractivity contribution in [1.82, 2.24) is 0 Å². The fraction of sp³-hybridized carbons (Fsp3) is 0.172. The van der Waals surface area contributed by atoms with E-state index in [1.807, 2.05) is 0 Å². The van der Waals surface area contributed by atoms with Crippen molar-refractivity contribution in [3.05, 3.63) is 121 Å². The molecule has 0 aliphatic rings. The van der Waals surface area contributed by atoms with Crippen LogP contribution >= 0.6 is 36.1 Å². The predicted molar refractivity (Wildman–Crippen MR) is 153 cm³/mol. The average molecular weight is 570 g/mol. The molecule has 0 aromatic heterocycles. The van der Waals surface area contributed by atoms with Gasteiger partial charge in [0, 0.05) is 0 Å². The summed E-state index contributed by atoms with van der Waals surface area (Å²) in [5.41, 5.74) is 1.21. The molecule has 0 spiro atoms. The normalized spacial score (nSPS) is 12.8. The topological polar surface area (TPSA) is 0 Å². The Balaban J connectivity index is 0.00000103. The van der Waals surface area contributed by atoms with E-state index >= 15 is 0 Å². The van der Waals surface area contributed by atoms with Crippen molar-refractivity contribution in [3.8, 4) is 0 Å². The van der Waals surface area contributed by atoms with Gasteiger partial charge in [0.15, 0.2) is 0 Å². The first-order chi connectivity index (χ1) is 16.7. The molecule has 0 N–H and O–H groups in total. The molecule has 0 bridgehead atoms. The number of benzene rings is 4. The molecule has 0 amide bonds. The molecule has 0 heterocycles. The van der Waals surface area contributed by atoms with Crippen LogP contribution in [0.2, 0.25) is 0 Å². The van der Waals surface area contributed by atoms with Gasteiger partial charge in [-0.3, -0.25) is 0 Å². The molecule has 34 heavy (non-hydrogen) atoms. The van der Waals surface area contributed by atoms with E-state index in [0.717, 1.165) is 0 Å². The molecule has 0 fully saturated rings. The third kappa shape index (κ3) is 7.92. The van der Waals surface area contributed by atoms with Crippen LogP contribution in [0.5, 0.6) is 0 Å². The molecular weight excluding hydrogens is 540 g/mol. The predicted octanol–water partition coefficient (Wildman–Crippen LogP) is 7.80. The second kappa shape index (κ2) is 15.1. The second-order valence-corrected chi connectivity index (χ2v) is 15.1. The molecule has 2 atom stereocenters. The summed E-state index contributed by atoms with van der Waals surface area (Å²) in [7, 11) is 8.67. The molecule has 0 aliphatic carbocycles. The molecular formula is C29H30Cl2CoP2. The Morgan fingerprint density at radius 1 is 0.500 bits per heavy atom. The van der Waals surface area contributed by atoms with Crippen molar-refractivity contribution < 1.29 is 12.9 Å². The van der Waals surface area contributed by atoms with Gasteiger partial charge in [-0.2, -0.15) is 0 Å². The van der Waals surface area contributed by atoms with Crippen LogP contribution in [0.1, 0.15) is 20.3 Å². The average Bonchev–Trinajstić information content (AvgIpc) is 2.87. The van der Waals surface area contributed by atoms with Crippen LogP contribution in [0.3, 0.4) is 0 Å². The van der Waals surface area contributed by atoms with E-state index in [4.69, 9.17) is 20.3 Å². The molecule has 4 aromatic rings. The third-order valence-electron chi connectivity index (χ3n) is 5.70. The molecule has 0 unspecified atom stereocenters. The third-order valence-corrected chi connectivity index (χ3v) is 11.3. The van der Waals surface area contributed by atoms with E-state index in [1.165, 1.54) is 27.6 Å². The van der Waals surface area contributed by atoms with Crippen LogP contribution in [0.25, 0.3) is 0 Å². The molecule has 4 aromatic carbocycles. The fourth-order valence-corrected chi connectivity index (χ4v) is 10.2. The van der Waals surface area contributed by atoms with Crippen LogP contribution in [0.4, 0.5) is 0 Å². The molecule has 4 rings (SSSR count).